The topological polar surface area (TPSA) is 87.5 Å². The van der Waals surface area contributed by atoms with Gasteiger partial charge < -0.3 is 19.9 Å². The summed E-state index contributed by atoms with van der Waals surface area (Å²) in [5.74, 6) is -0.114. The lowest BCUT2D eigenvalue weighted by atomic mass is 9.99. The predicted molar refractivity (Wildman–Crippen MR) is 140 cm³/mol. The first kappa shape index (κ1) is 23.8. The molecule has 0 atom stereocenters. The van der Waals surface area contributed by atoms with Crippen LogP contribution in [0.25, 0.3) is 28.2 Å². The Hall–Kier alpha value is -4.39. The van der Waals surface area contributed by atoms with Crippen molar-refractivity contribution < 1.29 is 14.7 Å². The highest BCUT2D eigenvalue weighted by atomic mass is 16.4. The largest absolute Gasteiger partial charge is 0.478 e. The molecular weight excluding hydrogens is 440 g/mol. The monoisotopic (exact) mass is 468 g/mol. The minimum Gasteiger partial charge on any atom is -0.478 e. The fraction of sp³-hybridized carbons (Fsp3) is 0.179. The molecule has 1 heterocycles. The molecular formula is C28H28N4O3. The van der Waals surface area contributed by atoms with E-state index in [2.05, 4.69) is 22.9 Å². The summed E-state index contributed by atoms with van der Waals surface area (Å²) in [6.45, 7) is 2.65. The van der Waals surface area contributed by atoms with E-state index in [4.69, 9.17) is 4.98 Å². The van der Waals surface area contributed by atoms with Gasteiger partial charge in [0.05, 0.1) is 16.6 Å². The average molecular weight is 469 g/mol. The number of aromatic nitrogens is 2. The summed E-state index contributed by atoms with van der Waals surface area (Å²) in [4.78, 5) is 30.0. The van der Waals surface area contributed by atoms with Crippen molar-refractivity contribution in [2.24, 2.45) is 0 Å². The zero-order valence-electron chi connectivity index (χ0n) is 20.0. The molecule has 0 unspecified atom stereocenters. The zero-order valence-corrected chi connectivity index (χ0v) is 20.0. The fourth-order valence-corrected chi connectivity index (χ4v) is 3.86. The summed E-state index contributed by atoms with van der Waals surface area (Å²) >= 11 is 0. The minimum atomic E-state index is -0.945. The molecule has 0 bridgehead atoms. The number of hydrogen-bond donors (Lipinski definition) is 2. The van der Waals surface area contributed by atoms with E-state index in [0.29, 0.717) is 17.8 Å². The Morgan fingerprint density at radius 2 is 1.80 bits per heavy atom. The van der Waals surface area contributed by atoms with Crippen molar-refractivity contribution in [1.82, 2.24) is 14.5 Å². The van der Waals surface area contributed by atoms with Gasteiger partial charge in [0, 0.05) is 26.3 Å². The first-order valence-corrected chi connectivity index (χ1v) is 11.4. The van der Waals surface area contributed by atoms with Crippen LogP contribution in [0.5, 0.6) is 0 Å². The van der Waals surface area contributed by atoms with Gasteiger partial charge in [-0.3, -0.25) is 0 Å². The Kier molecular flexibility index (Phi) is 6.96. The van der Waals surface area contributed by atoms with Crippen molar-refractivity contribution >= 4 is 34.8 Å². The number of rotatable bonds is 7. The molecule has 4 rings (SSSR count). The summed E-state index contributed by atoms with van der Waals surface area (Å²) in [6.07, 6.45) is 4.97. The molecule has 0 saturated carbocycles. The number of nitrogens with one attached hydrogen (secondary N) is 1. The highest BCUT2D eigenvalue weighted by Gasteiger charge is 2.13. The van der Waals surface area contributed by atoms with Crippen LogP contribution in [0.1, 0.15) is 35.1 Å². The van der Waals surface area contributed by atoms with Crippen LogP contribution in [-0.4, -0.2) is 45.7 Å². The molecule has 0 aliphatic heterocycles. The lowest BCUT2D eigenvalue weighted by molar-refractivity contribution is 0.0697. The van der Waals surface area contributed by atoms with Crippen molar-refractivity contribution in [3.05, 3.63) is 89.8 Å². The Morgan fingerprint density at radius 3 is 2.49 bits per heavy atom. The molecule has 2 N–H and O–H groups in total. The maximum Gasteiger partial charge on any atom is 0.336 e. The molecule has 1 aromatic heterocycles. The Labute approximate surface area is 204 Å². The van der Waals surface area contributed by atoms with Gasteiger partial charge >= 0.3 is 12.0 Å². The third-order valence-corrected chi connectivity index (χ3v) is 5.70. The number of aromatic carboxylic acids is 1. The maximum absolute atomic E-state index is 12.1. The van der Waals surface area contributed by atoms with Crippen molar-refractivity contribution in [1.29, 1.82) is 0 Å². The van der Waals surface area contributed by atoms with Crippen LogP contribution >= 0.6 is 0 Å². The van der Waals surface area contributed by atoms with E-state index in [1.807, 2.05) is 60.7 Å². The van der Waals surface area contributed by atoms with E-state index in [1.54, 1.807) is 26.2 Å². The molecule has 0 saturated heterocycles. The maximum atomic E-state index is 12.1. The van der Waals surface area contributed by atoms with Gasteiger partial charge in [-0.15, -0.1) is 0 Å². The fourth-order valence-electron chi connectivity index (χ4n) is 3.86. The van der Waals surface area contributed by atoms with Crippen LogP contribution in [0.2, 0.25) is 0 Å². The lowest BCUT2D eigenvalue weighted by Crippen LogP contribution is -2.27. The van der Waals surface area contributed by atoms with Crippen LogP contribution in [-0.2, 0) is 6.54 Å². The number of anilines is 1. The number of allylic oxidation sites excluding steroid dienone is 1. The number of carbonyl (C=O) groups excluding carboxylic acids is 1. The van der Waals surface area contributed by atoms with Gasteiger partial charge in [0.25, 0.3) is 0 Å². The standard InChI is InChI=1S/C28H28N4O3/c1-4-5-10-26-30-24-16-15-21(29-28(35)31(2)3)17-25(24)32(26)18-19-11-13-20(14-12-19)22-8-6-7-9-23(22)27(33)34/h5-17H,4,18H2,1-3H3,(H,29,35)(H,33,34). The van der Waals surface area contributed by atoms with Gasteiger partial charge in [-0.05, 0) is 53.5 Å². The van der Waals surface area contributed by atoms with Crippen molar-refractivity contribution in [3.63, 3.8) is 0 Å². The highest BCUT2D eigenvalue weighted by molar-refractivity contribution is 5.96. The average Bonchev–Trinajstić information content (AvgIpc) is 3.19. The summed E-state index contributed by atoms with van der Waals surface area (Å²) in [5.41, 5.74) is 5.32. The third-order valence-electron chi connectivity index (χ3n) is 5.70. The van der Waals surface area contributed by atoms with E-state index in [9.17, 15) is 14.7 Å². The van der Waals surface area contributed by atoms with Gasteiger partial charge in [0.15, 0.2) is 0 Å². The number of imidazole rings is 1. The SMILES string of the molecule is CCC=Cc1nc2ccc(NC(=O)N(C)C)cc2n1Cc1ccc(-c2ccccc2C(=O)O)cc1. The number of nitrogens with zero attached hydrogens (tertiary/aromatic N) is 3. The normalized spacial score (nSPS) is 11.2. The summed E-state index contributed by atoms with van der Waals surface area (Å²) in [6, 6.07) is 20.4. The van der Waals surface area contributed by atoms with E-state index in [1.165, 1.54) is 4.90 Å². The quantitative estimate of drug-likeness (QED) is 0.350. The second-order valence-corrected chi connectivity index (χ2v) is 8.44. The molecule has 0 spiro atoms. The minimum absolute atomic E-state index is 0.196. The number of urea groups is 1. The second kappa shape index (κ2) is 10.3. The van der Waals surface area contributed by atoms with Crippen LogP contribution in [0, 0.1) is 0 Å². The molecule has 4 aromatic rings. The van der Waals surface area contributed by atoms with Gasteiger partial charge in [0.2, 0.25) is 0 Å². The van der Waals surface area contributed by atoms with E-state index < -0.39 is 5.97 Å². The van der Waals surface area contributed by atoms with Gasteiger partial charge in [0.1, 0.15) is 5.82 Å². The van der Waals surface area contributed by atoms with Crippen LogP contribution in [0.3, 0.4) is 0 Å². The molecule has 35 heavy (non-hydrogen) atoms. The number of carbonyl (C=O) groups is 2. The molecule has 3 aromatic carbocycles. The first-order chi connectivity index (χ1) is 16.9. The molecule has 7 nitrogen and oxygen atoms in total. The van der Waals surface area contributed by atoms with Crippen LogP contribution < -0.4 is 5.32 Å². The molecule has 178 valence electrons. The van der Waals surface area contributed by atoms with E-state index in [-0.39, 0.29) is 11.6 Å². The molecule has 0 aliphatic rings. The van der Waals surface area contributed by atoms with Crippen molar-refractivity contribution in [2.75, 3.05) is 19.4 Å². The number of amides is 2. The molecule has 0 fully saturated rings. The zero-order chi connectivity index (χ0) is 24.9. The smallest absolute Gasteiger partial charge is 0.336 e. The van der Waals surface area contributed by atoms with E-state index >= 15 is 0 Å². The van der Waals surface area contributed by atoms with Crippen molar-refractivity contribution in [3.8, 4) is 11.1 Å². The lowest BCUT2D eigenvalue weighted by Gasteiger charge is -2.13. The summed E-state index contributed by atoms with van der Waals surface area (Å²) < 4.78 is 2.12. The molecule has 0 aliphatic carbocycles. The molecule has 2 amide bonds. The summed E-state index contributed by atoms with van der Waals surface area (Å²) in [5, 5.41) is 12.4. The third kappa shape index (κ3) is 5.24. The number of carboxylic acid groups (broad SMARTS) is 1. The first-order valence-electron chi connectivity index (χ1n) is 11.4. The number of carboxylic acids is 1. The Balaban J connectivity index is 1.70. The Bertz CT molecular complexity index is 1400. The molecule has 0 radical (unpaired) electrons. The summed E-state index contributed by atoms with van der Waals surface area (Å²) in [7, 11) is 3.40. The highest BCUT2D eigenvalue weighted by Crippen LogP contribution is 2.26. The number of hydrogen-bond acceptors (Lipinski definition) is 3. The number of benzene rings is 3. The Morgan fingerprint density at radius 1 is 1.06 bits per heavy atom. The second-order valence-electron chi connectivity index (χ2n) is 8.44. The van der Waals surface area contributed by atoms with Crippen LogP contribution in [0.15, 0.2) is 72.8 Å². The van der Waals surface area contributed by atoms with Crippen molar-refractivity contribution in [2.45, 2.75) is 19.9 Å². The van der Waals surface area contributed by atoms with Gasteiger partial charge in [-0.1, -0.05) is 55.5 Å². The number of fused-ring (bicyclic) bond motifs is 1. The van der Waals surface area contributed by atoms with Crippen LogP contribution in [0.4, 0.5) is 10.5 Å². The van der Waals surface area contributed by atoms with Gasteiger partial charge in [-0.2, -0.15) is 0 Å². The van der Waals surface area contributed by atoms with Gasteiger partial charge in [-0.25, -0.2) is 14.6 Å². The molecule has 7 heteroatoms. The predicted octanol–water partition coefficient (Wildman–Crippen LogP) is 5.97. The van der Waals surface area contributed by atoms with E-state index in [0.717, 1.165) is 34.4 Å².